The van der Waals surface area contributed by atoms with E-state index >= 15 is 0 Å². The van der Waals surface area contributed by atoms with Crippen molar-refractivity contribution < 1.29 is 0 Å². The van der Waals surface area contributed by atoms with Gasteiger partial charge in [-0.05, 0) is 39.3 Å². The normalized spacial score (nSPS) is 27.2. The molecule has 0 bridgehead atoms. The molecular weight excluding hydrogens is 363 g/mol. The Kier molecular flexibility index (Phi) is 9.80. The molecule has 0 amide bonds. The quantitative estimate of drug-likeness (QED) is 0.314. The second kappa shape index (κ2) is 9.82. The topological polar surface area (TPSA) is 53.6 Å². The molecule has 20 heavy (non-hydrogen) atoms. The minimum absolute atomic E-state index is 0. The van der Waals surface area contributed by atoms with Crippen LogP contribution in [-0.2, 0) is 0 Å². The largest absolute Gasteiger partial charge is 0.370 e. The number of hydrogen-bond acceptors (Lipinski definition) is 2. The highest BCUT2D eigenvalue weighted by Crippen LogP contribution is 2.35. The summed E-state index contributed by atoms with van der Waals surface area (Å²) in [7, 11) is 4.35. The SMILES string of the molecule is CCCCNC(N)=NCC1(N(C)C)CCCC(C)C1.I. The number of unbranched alkanes of at least 4 members (excludes halogenated alkanes) is 1. The summed E-state index contributed by atoms with van der Waals surface area (Å²) in [6.45, 7) is 6.27. The molecule has 0 saturated heterocycles. The molecule has 3 N–H and O–H groups in total. The maximum absolute atomic E-state index is 5.95. The van der Waals surface area contributed by atoms with Crippen molar-refractivity contribution in [1.29, 1.82) is 0 Å². The van der Waals surface area contributed by atoms with E-state index < -0.39 is 0 Å². The molecular formula is C15H33IN4. The number of guanidine groups is 1. The van der Waals surface area contributed by atoms with Crippen LogP contribution in [0.25, 0.3) is 0 Å². The molecule has 1 aliphatic carbocycles. The number of rotatable bonds is 6. The highest BCUT2D eigenvalue weighted by Gasteiger charge is 2.36. The summed E-state index contributed by atoms with van der Waals surface area (Å²) in [6, 6.07) is 0. The molecule has 1 aliphatic rings. The van der Waals surface area contributed by atoms with E-state index in [1.165, 1.54) is 32.1 Å². The Morgan fingerprint density at radius 1 is 1.45 bits per heavy atom. The first-order chi connectivity index (χ1) is 9.00. The van der Waals surface area contributed by atoms with Crippen LogP contribution < -0.4 is 11.1 Å². The molecule has 4 nitrogen and oxygen atoms in total. The standard InChI is InChI=1S/C15H32N4.HI/c1-5-6-10-17-14(16)18-12-15(19(3)4)9-7-8-13(2)11-15;/h13H,5-12H2,1-4H3,(H3,16,17,18);1H. The first-order valence-electron chi connectivity index (χ1n) is 7.71. The Bertz CT molecular complexity index is 294. The number of nitrogens with one attached hydrogen (secondary N) is 1. The molecule has 2 atom stereocenters. The third-order valence-corrected chi connectivity index (χ3v) is 4.40. The fraction of sp³-hybridized carbons (Fsp3) is 0.933. The molecule has 1 fully saturated rings. The van der Waals surface area contributed by atoms with Gasteiger partial charge in [0.2, 0.25) is 0 Å². The fourth-order valence-corrected chi connectivity index (χ4v) is 3.01. The maximum atomic E-state index is 5.95. The molecule has 1 saturated carbocycles. The summed E-state index contributed by atoms with van der Waals surface area (Å²) in [4.78, 5) is 6.94. The lowest BCUT2D eigenvalue weighted by atomic mass is 9.75. The number of nitrogens with two attached hydrogens (primary N) is 1. The summed E-state index contributed by atoms with van der Waals surface area (Å²) < 4.78 is 0. The highest BCUT2D eigenvalue weighted by molar-refractivity contribution is 14.0. The van der Waals surface area contributed by atoms with Gasteiger partial charge in [0.15, 0.2) is 5.96 Å². The molecule has 0 aliphatic heterocycles. The Labute approximate surface area is 142 Å². The summed E-state index contributed by atoms with van der Waals surface area (Å²) >= 11 is 0. The van der Waals surface area contributed by atoms with E-state index in [1.807, 2.05) is 0 Å². The van der Waals surface area contributed by atoms with Crippen molar-refractivity contribution in [2.75, 3.05) is 27.2 Å². The van der Waals surface area contributed by atoms with E-state index in [1.54, 1.807) is 0 Å². The Hall–Kier alpha value is -0.0400. The van der Waals surface area contributed by atoms with Crippen molar-refractivity contribution in [3.05, 3.63) is 0 Å². The monoisotopic (exact) mass is 396 g/mol. The Morgan fingerprint density at radius 3 is 2.70 bits per heavy atom. The van der Waals surface area contributed by atoms with Gasteiger partial charge < -0.3 is 16.0 Å². The zero-order chi connectivity index (χ0) is 14.3. The average Bonchev–Trinajstić information content (AvgIpc) is 2.36. The highest BCUT2D eigenvalue weighted by atomic mass is 127. The van der Waals surface area contributed by atoms with Crippen molar-refractivity contribution in [2.45, 2.75) is 57.9 Å². The first-order valence-corrected chi connectivity index (χ1v) is 7.71. The Morgan fingerprint density at radius 2 is 2.15 bits per heavy atom. The van der Waals surface area contributed by atoms with Gasteiger partial charge in [-0.15, -0.1) is 24.0 Å². The second-order valence-electron chi connectivity index (χ2n) is 6.30. The van der Waals surface area contributed by atoms with Gasteiger partial charge in [-0.25, -0.2) is 0 Å². The summed E-state index contributed by atoms with van der Waals surface area (Å²) in [5, 5.41) is 3.20. The van der Waals surface area contributed by atoms with Crippen LogP contribution in [0.2, 0.25) is 0 Å². The zero-order valence-corrected chi connectivity index (χ0v) is 15.9. The second-order valence-corrected chi connectivity index (χ2v) is 6.30. The van der Waals surface area contributed by atoms with Crippen LogP contribution in [0.4, 0.5) is 0 Å². The molecule has 2 unspecified atom stereocenters. The minimum Gasteiger partial charge on any atom is -0.370 e. The summed E-state index contributed by atoms with van der Waals surface area (Å²) in [5.41, 5.74) is 6.15. The molecule has 0 radical (unpaired) electrons. The zero-order valence-electron chi connectivity index (χ0n) is 13.6. The number of nitrogens with zero attached hydrogens (tertiary/aromatic N) is 2. The van der Waals surface area contributed by atoms with Crippen LogP contribution in [0.3, 0.4) is 0 Å². The smallest absolute Gasteiger partial charge is 0.188 e. The number of halogens is 1. The van der Waals surface area contributed by atoms with E-state index in [9.17, 15) is 0 Å². The van der Waals surface area contributed by atoms with Crippen LogP contribution in [0.5, 0.6) is 0 Å². The van der Waals surface area contributed by atoms with Gasteiger partial charge in [0.05, 0.1) is 6.54 Å². The van der Waals surface area contributed by atoms with E-state index in [0.717, 1.165) is 25.4 Å². The Balaban J connectivity index is 0.00000361. The van der Waals surface area contributed by atoms with Crippen molar-refractivity contribution in [3.63, 3.8) is 0 Å². The van der Waals surface area contributed by atoms with Gasteiger partial charge in [-0.2, -0.15) is 0 Å². The van der Waals surface area contributed by atoms with Gasteiger partial charge in [0.25, 0.3) is 0 Å². The van der Waals surface area contributed by atoms with E-state index in [0.29, 0.717) is 5.96 Å². The molecule has 0 spiro atoms. The van der Waals surface area contributed by atoms with Crippen molar-refractivity contribution >= 4 is 29.9 Å². The van der Waals surface area contributed by atoms with E-state index in [2.05, 4.69) is 43.2 Å². The number of hydrogen-bond donors (Lipinski definition) is 2. The van der Waals surface area contributed by atoms with Crippen LogP contribution in [0, 0.1) is 5.92 Å². The molecule has 1 rings (SSSR count). The molecule has 120 valence electrons. The lowest BCUT2D eigenvalue weighted by Gasteiger charge is -2.44. The van der Waals surface area contributed by atoms with E-state index in [4.69, 9.17) is 5.73 Å². The third kappa shape index (κ3) is 6.16. The van der Waals surface area contributed by atoms with Gasteiger partial charge in [-0.1, -0.05) is 33.1 Å². The van der Waals surface area contributed by atoms with Crippen LogP contribution in [0.15, 0.2) is 4.99 Å². The first kappa shape index (κ1) is 20.0. The summed E-state index contributed by atoms with van der Waals surface area (Å²) in [5.74, 6) is 1.40. The maximum Gasteiger partial charge on any atom is 0.188 e. The molecule has 0 aromatic heterocycles. The van der Waals surface area contributed by atoms with Gasteiger partial charge in [-0.3, -0.25) is 4.99 Å². The predicted octanol–water partition coefficient (Wildman–Crippen LogP) is 2.82. The van der Waals surface area contributed by atoms with Crippen molar-refractivity contribution in [1.82, 2.24) is 10.2 Å². The van der Waals surface area contributed by atoms with Crippen LogP contribution in [0.1, 0.15) is 52.4 Å². The van der Waals surface area contributed by atoms with Crippen molar-refractivity contribution in [3.8, 4) is 0 Å². The molecule has 5 heteroatoms. The number of aliphatic imine (C=N–C) groups is 1. The van der Waals surface area contributed by atoms with E-state index in [-0.39, 0.29) is 29.5 Å². The van der Waals surface area contributed by atoms with Gasteiger partial charge in [0.1, 0.15) is 0 Å². The van der Waals surface area contributed by atoms with Crippen molar-refractivity contribution in [2.24, 2.45) is 16.6 Å². The molecule has 0 aromatic carbocycles. The van der Waals surface area contributed by atoms with Gasteiger partial charge >= 0.3 is 0 Å². The molecule has 0 heterocycles. The fourth-order valence-electron chi connectivity index (χ4n) is 3.01. The minimum atomic E-state index is 0. The number of likely N-dealkylation sites (N-methyl/N-ethyl adjacent to an activating group) is 1. The summed E-state index contributed by atoms with van der Waals surface area (Å²) in [6.07, 6.45) is 7.44. The van der Waals surface area contributed by atoms with Crippen LogP contribution in [-0.4, -0.2) is 43.6 Å². The third-order valence-electron chi connectivity index (χ3n) is 4.40. The molecule has 0 aromatic rings. The van der Waals surface area contributed by atoms with Gasteiger partial charge in [0, 0.05) is 12.1 Å². The lowest BCUT2D eigenvalue weighted by Crippen LogP contribution is -2.50. The van der Waals surface area contributed by atoms with Crippen LogP contribution >= 0.6 is 24.0 Å². The lowest BCUT2D eigenvalue weighted by molar-refractivity contribution is 0.0845. The average molecular weight is 396 g/mol. The predicted molar refractivity (Wildman–Crippen MR) is 98.9 cm³/mol.